The molecule has 0 saturated heterocycles. The number of carbonyl (C=O) groups excluding carboxylic acids is 2. The Morgan fingerprint density at radius 3 is 2.34 bits per heavy atom. The number of nitro benzene ring substituents is 1. The number of esters is 1. The summed E-state index contributed by atoms with van der Waals surface area (Å²) < 4.78 is 10.5. The van der Waals surface area contributed by atoms with Crippen molar-refractivity contribution in [2.24, 2.45) is 17.3 Å². The summed E-state index contributed by atoms with van der Waals surface area (Å²) in [5, 5.41) is 13.5. The van der Waals surface area contributed by atoms with E-state index in [1.165, 1.54) is 32.2 Å². The van der Waals surface area contributed by atoms with Crippen LogP contribution in [0.25, 0.3) is 0 Å². The van der Waals surface area contributed by atoms with Crippen molar-refractivity contribution in [3.63, 3.8) is 0 Å². The summed E-state index contributed by atoms with van der Waals surface area (Å²) >= 11 is 0. The predicted octanol–water partition coefficient (Wildman–Crippen LogP) is 4.33. The van der Waals surface area contributed by atoms with Crippen LogP contribution in [0.5, 0.6) is 5.75 Å². The molecule has 0 aliphatic heterocycles. The second-order valence-electron chi connectivity index (χ2n) is 8.62. The minimum atomic E-state index is -1.02. The fraction of sp³-hybridized carbons (Fsp3) is 0.619. The minimum absolute atomic E-state index is 0.153. The number of nitrogens with zero attached hydrogens (tertiary/aromatic N) is 1. The number of ether oxygens (including phenoxy) is 2. The monoisotopic (exact) mass is 406 g/mol. The predicted molar refractivity (Wildman–Crippen MR) is 109 cm³/mol. The van der Waals surface area contributed by atoms with Gasteiger partial charge in [-0.25, -0.2) is 0 Å². The standard InChI is InChI=1S/C21H30N2O6/c1-13(29-20(25)14-6-8-15(9-7-14)21(2,3)4)19(24)22-17-12-16(23(26)27)10-11-18(17)28-5/h10-15H,6-9H2,1-5H3,(H,22,24). The van der Waals surface area contributed by atoms with Crippen LogP contribution in [0, 0.1) is 27.4 Å². The van der Waals surface area contributed by atoms with Gasteiger partial charge >= 0.3 is 5.97 Å². The Bertz CT molecular complexity index is 763. The number of hydrogen-bond donors (Lipinski definition) is 1. The van der Waals surface area contributed by atoms with E-state index >= 15 is 0 Å². The molecule has 2 rings (SSSR count). The lowest BCUT2D eigenvalue weighted by Gasteiger charge is -2.36. The maximum atomic E-state index is 12.5. The molecular formula is C21H30N2O6. The molecular weight excluding hydrogens is 376 g/mol. The highest BCUT2D eigenvalue weighted by Gasteiger charge is 2.34. The number of benzene rings is 1. The number of carbonyl (C=O) groups is 2. The van der Waals surface area contributed by atoms with Gasteiger partial charge in [0.15, 0.2) is 6.10 Å². The largest absolute Gasteiger partial charge is 0.495 e. The SMILES string of the molecule is COc1ccc([N+](=O)[O-])cc1NC(=O)C(C)OC(=O)C1CCC(C(C)(C)C)CC1. The number of anilines is 1. The molecule has 160 valence electrons. The zero-order valence-corrected chi connectivity index (χ0v) is 17.7. The Hall–Kier alpha value is -2.64. The highest BCUT2D eigenvalue weighted by atomic mass is 16.6. The molecule has 1 fully saturated rings. The summed E-state index contributed by atoms with van der Waals surface area (Å²) in [6, 6.07) is 3.89. The van der Waals surface area contributed by atoms with E-state index in [0.717, 1.165) is 25.7 Å². The average Bonchev–Trinajstić information content (AvgIpc) is 2.67. The van der Waals surface area contributed by atoms with E-state index in [-0.39, 0.29) is 34.4 Å². The van der Waals surface area contributed by atoms with E-state index < -0.39 is 16.9 Å². The third-order valence-electron chi connectivity index (χ3n) is 5.60. The number of methoxy groups -OCH3 is 1. The van der Waals surface area contributed by atoms with Crippen molar-refractivity contribution in [2.45, 2.75) is 59.5 Å². The summed E-state index contributed by atoms with van der Waals surface area (Å²) in [4.78, 5) is 35.3. The van der Waals surface area contributed by atoms with Crippen LogP contribution in [0.3, 0.4) is 0 Å². The fourth-order valence-corrected chi connectivity index (χ4v) is 3.66. The van der Waals surface area contributed by atoms with Crippen LogP contribution in [-0.2, 0) is 14.3 Å². The Balaban J connectivity index is 1.95. The number of nitrogens with one attached hydrogen (secondary N) is 1. The van der Waals surface area contributed by atoms with Gasteiger partial charge in [-0.15, -0.1) is 0 Å². The van der Waals surface area contributed by atoms with Crippen LogP contribution in [0.15, 0.2) is 18.2 Å². The van der Waals surface area contributed by atoms with Crippen molar-refractivity contribution in [1.82, 2.24) is 0 Å². The molecule has 1 unspecified atom stereocenters. The first-order valence-corrected chi connectivity index (χ1v) is 9.86. The number of rotatable bonds is 6. The van der Waals surface area contributed by atoms with Gasteiger partial charge in [-0.1, -0.05) is 20.8 Å². The van der Waals surface area contributed by atoms with Gasteiger partial charge < -0.3 is 14.8 Å². The lowest BCUT2D eigenvalue weighted by molar-refractivity contribution is -0.384. The van der Waals surface area contributed by atoms with Gasteiger partial charge in [-0.2, -0.15) is 0 Å². The molecule has 0 spiro atoms. The molecule has 1 saturated carbocycles. The number of nitro groups is 1. The summed E-state index contributed by atoms with van der Waals surface area (Å²) in [7, 11) is 1.40. The molecule has 0 bridgehead atoms. The average molecular weight is 406 g/mol. The summed E-state index contributed by atoms with van der Waals surface area (Å²) in [6.45, 7) is 8.12. The summed E-state index contributed by atoms with van der Waals surface area (Å²) in [5.41, 5.74) is 0.195. The molecule has 8 nitrogen and oxygen atoms in total. The summed E-state index contributed by atoms with van der Waals surface area (Å²) in [5.74, 6) is -0.278. The molecule has 0 heterocycles. The van der Waals surface area contributed by atoms with Crippen molar-refractivity contribution >= 4 is 23.3 Å². The Morgan fingerprint density at radius 2 is 1.83 bits per heavy atom. The van der Waals surface area contributed by atoms with E-state index in [1.54, 1.807) is 0 Å². The Labute approximate surface area is 171 Å². The van der Waals surface area contributed by atoms with E-state index in [4.69, 9.17) is 9.47 Å². The van der Waals surface area contributed by atoms with Crippen LogP contribution in [-0.4, -0.2) is 30.0 Å². The van der Waals surface area contributed by atoms with Crippen molar-refractivity contribution in [2.75, 3.05) is 12.4 Å². The van der Waals surface area contributed by atoms with Crippen LogP contribution in [0.4, 0.5) is 11.4 Å². The maximum Gasteiger partial charge on any atom is 0.309 e. The lowest BCUT2D eigenvalue weighted by Crippen LogP contribution is -2.34. The quantitative estimate of drug-likeness (QED) is 0.428. The second-order valence-corrected chi connectivity index (χ2v) is 8.62. The van der Waals surface area contributed by atoms with Crippen LogP contribution in [0.2, 0.25) is 0 Å². The molecule has 1 amide bonds. The van der Waals surface area contributed by atoms with Gasteiger partial charge in [0.05, 0.1) is 23.6 Å². The van der Waals surface area contributed by atoms with Crippen LogP contribution < -0.4 is 10.1 Å². The lowest BCUT2D eigenvalue weighted by atomic mass is 9.70. The molecule has 0 radical (unpaired) electrons. The topological polar surface area (TPSA) is 108 Å². The highest BCUT2D eigenvalue weighted by molar-refractivity contribution is 5.96. The fourth-order valence-electron chi connectivity index (χ4n) is 3.66. The van der Waals surface area contributed by atoms with Crippen molar-refractivity contribution in [1.29, 1.82) is 0 Å². The van der Waals surface area contributed by atoms with Gasteiger partial charge in [0, 0.05) is 12.1 Å². The normalized spacial score (nSPS) is 20.4. The smallest absolute Gasteiger partial charge is 0.309 e. The van der Waals surface area contributed by atoms with Crippen molar-refractivity contribution in [3.8, 4) is 5.75 Å². The molecule has 1 aromatic carbocycles. The van der Waals surface area contributed by atoms with Crippen molar-refractivity contribution < 1.29 is 24.0 Å². The molecule has 1 aliphatic rings. The van der Waals surface area contributed by atoms with Crippen LogP contribution >= 0.6 is 0 Å². The van der Waals surface area contributed by atoms with E-state index in [1.807, 2.05) is 0 Å². The third-order valence-corrected chi connectivity index (χ3v) is 5.60. The third kappa shape index (κ3) is 5.92. The number of hydrogen-bond acceptors (Lipinski definition) is 6. The highest BCUT2D eigenvalue weighted by Crippen LogP contribution is 2.40. The van der Waals surface area contributed by atoms with E-state index in [0.29, 0.717) is 5.92 Å². The summed E-state index contributed by atoms with van der Waals surface area (Å²) in [6.07, 6.45) is 2.43. The Morgan fingerprint density at radius 1 is 1.21 bits per heavy atom. The number of non-ortho nitro benzene ring substituents is 1. The zero-order valence-electron chi connectivity index (χ0n) is 17.7. The zero-order chi connectivity index (χ0) is 21.8. The molecule has 0 aromatic heterocycles. The first-order chi connectivity index (χ1) is 13.5. The van der Waals surface area contributed by atoms with E-state index in [2.05, 4.69) is 26.1 Å². The molecule has 1 atom stereocenters. The van der Waals surface area contributed by atoms with Gasteiger partial charge in [-0.3, -0.25) is 19.7 Å². The maximum absolute atomic E-state index is 12.5. The van der Waals surface area contributed by atoms with Gasteiger partial charge in [0.2, 0.25) is 0 Å². The number of amides is 1. The molecule has 1 N–H and O–H groups in total. The minimum Gasteiger partial charge on any atom is -0.495 e. The second kappa shape index (κ2) is 9.24. The van der Waals surface area contributed by atoms with Gasteiger partial charge in [0.1, 0.15) is 5.75 Å². The molecule has 8 heteroatoms. The first-order valence-electron chi connectivity index (χ1n) is 9.86. The first kappa shape index (κ1) is 22.6. The van der Waals surface area contributed by atoms with E-state index in [9.17, 15) is 19.7 Å². The van der Waals surface area contributed by atoms with Gasteiger partial charge in [-0.05, 0) is 50.0 Å². The van der Waals surface area contributed by atoms with Crippen molar-refractivity contribution in [3.05, 3.63) is 28.3 Å². The molecule has 1 aliphatic carbocycles. The van der Waals surface area contributed by atoms with Gasteiger partial charge in [0.25, 0.3) is 11.6 Å². The molecule has 29 heavy (non-hydrogen) atoms. The molecule has 1 aromatic rings. The Kier molecular flexibility index (Phi) is 7.21. The van der Waals surface area contributed by atoms with Crippen LogP contribution in [0.1, 0.15) is 53.4 Å².